The molecule has 0 heterocycles. The van der Waals surface area contributed by atoms with Crippen LogP contribution >= 0.6 is 0 Å². The number of amides is 2. The van der Waals surface area contributed by atoms with Crippen LogP contribution in [0.15, 0.2) is 88.9 Å². The molecule has 4 N–H and O–H groups in total. The summed E-state index contributed by atoms with van der Waals surface area (Å²) < 4.78 is 37.2. The summed E-state index contributed by atoms with van der Waals surface area (Å²) in [5.41, 5.74) is 11.0. The highest BCUT2D eigenvalue weighted by Gasteiger charge is 2.41. The van der Waals surface area contributed by atoms with Gasteiger partial charge in [-0.05, 0) is 172 Å². The molecule has 5 aliphatic carbocycles. The number of hydrogen-bond donors (Lipinski definition) is 4. The van der Waals surface area contributed by atoms with Crippen LogP contribution in [0.5, 0.6) is 0 Å². The van der Waals surface area contributed by atoms with Crippen molar-refractivity contribution in [3.05, 3.63) is 128 Å². The molecule has 0 radical (unpaired) electrons. The Labute approximate surface area is 421 Å². The van der Waals surface area contributed by atoms with E-state index in [0.717, 1.165) is 86.3 Å². The van der Waals surface area contributed by atoms with E-state index >= 15 is 0 Å². The van der Waals surface area contributed by atoms with Gasteiger partial charge in [0.2, 0.25) is 0 Å². The van der Waals surface area contributed by atoms with Crippen molar-refractivity contribution < 1.29 is 36.7 Å². The normalized spacial score (nSPS) is 22.7. The molecule has 0 saturated heterocycles. The van der Waals surface area contributed by atoms with Gasteiger partial charge >= 0.3 is 0 Å². The molecule has 3 aromatic rings. The van der Waals surface area contributed by atoms with Crippen LogP contribution < -0.4 is 16.0 Å². The Morgan fingerprint density at radius 3 is 2.17 bits per heavy atom. The zero-order chi connectivity index (χ0) is 50.8. The average Bonchev–Trinajstić information content (AvgIpc) is 3.35. The van der Waals surface area contributed by atoms with Crippen LogP contribution in [-0.2, 0) is 26.7 Å². The number of Topliss-reactive ketones (excluding diaryl/α,β-unsaturated/α-hetero) is 2. The highest BCUT2D eigenvalue weighted by Crippen LogP contribution is 2.52. The van der Waals surface area contributed by atoms with E-state index in [9.17, 15) is 32.1 Å². The minimum atomic E-state index is -4.80. The van der Waals surface area contributed by atoms with E-state index in [1.807, 2.05) is 39.3 Å². The number of allylic oxidation sites excluding steroid dienone is 5. The number of carbonyl (C=O) groups is 4. The van der Waals surface area contributed by atoms with Gasteiger partial charge in [0.15, 0.2) is 11.5 Å². The van der Waals surface area contributed by atoms with E-state index in [1.165, 1.54) is 40.0 Å². The first-order valence-corrected chi connectivity index (χ1v) is 27.3. The monoisotopic (exact) mass is 985 g/mol. The van der Waals surface area contributed by atoms with Crippen LogP contribution in [0, 0.1) is 11.8 Å². The third-order valence-electron chi connectivity index (χ3n) is 16.3. The average molecular weight is 985 g/mol. The summed E-state index contributed by atoms with van der Waals surface area (Å²) >= 11 is 0. The van der Waals surface area contributed by atoms with Crippen molar-refractivity contribution in [1.82, 2.24) is 20.9 Å². The van der Waals surface area contributed by atoms with E-state index in [-0.39, 0.29) is 58.3 Å². The van der Waals surface area contributed by atoms with Crippen LogP contribution in [0.2, 0.25) is 0 Å². The molecule has 1 unspecified atom stereocenters. The molecule has 12 nitrogen and oxygen atoms in total. The lowest BCUT2D eigenvalue weighted by atomic mass is 9.63. The van der Waals surface area contributed by atoms with E-state index in [4.69, 9.17) is 0 Å². The number of carbonyl (C=O) groups excluding carboxylic acids is 4. The van der Waals surface area contributed by atoms with Gasteiger partial charge in [-0.3, -0.25) is 23.7 Å². The lowest BCUT2D eigenvalue weighted by Gasteiger charge is -2.41. The number of ketones is 2. The van der Waals surface area contributed by atoms with Gasteiger partial charge in [-0.2, -0.15) is 8.42 Å². The van der Waals surface area contributed by atoms with E-state index in [1.54, 1.807) is 4.90 Å². The molecular formula is C58H74N5O7S+. The van der Waals surface area contributed by atoms with E-state index in [0.29, 0.717) is 56.3 Å². The van der Waals surface area contributed by atoms with Gasteiger partial charge in [0, 0.05) is 79.7 Å². The molecule has 71 heavy (non-hydrogen) atoms. The summed E-state index contributed by atoms with van der Waals surface area (Å²) in [4.78, 5) is 55.7. The van der Waals surface area contributed by atoms with Gasteiger partial charge in [-0.1, -0.05) is 50.2 Å². The van der Waals surface area contributed by atoms with Gasteiger partial charge in [-0.15, -0.1) is 0 Å². The van der Waals surface area contributed by atoms with Crippen LogP contribution in [0.25, 0.3) is 5.57 Å². The van der Waals surface area contributed by atoms with E-state index in [2.05, 4.69) is 84.9 Å². The summed E-state index contributed by atoms with van der Waals surface area (Å²) in [5.74, 6) is -0.417. The second-order valence-corrected chi connectivity index (χ2v) is 23.0. The topological polar surface area (TPSA) is 165 Å². The number of aryl methyl sites for hydroxylation is 1. The largest absolute Gasteiger partial charge is 0.349 e. The molecule has 0 spiro atoms. The molecule has 2 saturated carbocycles. The molecule has 378 valence electrons. The zero-order valence-corrected chi connectivity index (χ0v) is 43.6. The summed E-state index contributed by atoms with van der Waals surface area (Å²) in [6.07, 6.45) is 18.0. The summed E-state index contributed by atoms with van der Waals surface area (Å²) in [6.45, 7) is 5.06. The first-order valence-electron chi connectivity index (χ1n) is 25.9. The molecule has 3 aromatic carbocycles. The molecule has 2 amide bonds. The van der Waals surface area contributed by atoms with Crippen molar-refractivity contribution in [3.63, 3.8) is 0 Å². The fourth-order valence-corrected chi connectivity index (χ4v) is 12.8. The SMILES string of the molecule is CNC1CCC(CC(=O)c2ccc(C(=O)NC3CCC(CC(=O)CCCN(C)C(=O)c4ccccc4C4=C5C=CC(=[N+](C)C)C=C5C(C)(C)c5cc6c(cc54)CCCC6NC)CC3)c(S(=O)(=O)O)c2)CC1. The Morgan fingerprint density at radius 2 is 1.49 bits per heavy atom. The quantitative estimate of drug-likeness (QED) is 0.0623. The predicted molar refractivity (Wildman–Crippen MR) is 280 cm³/mol. The molecule has 2 fully saturated rings. The van der Waals surface area contributed by atoms with Gasteiger partial charge in [0.1, 0.15) is 24.8 Å². The van der Waals surface area contributed by atoms with Crippen LogP contribution in [0.1, 0.15) is 169 Å². The molecular weight excluding hydrogens is 911 g/mol. The third-order valence-corrected chi connectivity index (χ3v) is 17.2. The number of fused-ring (bicyclic) bond motifs is 3. The number of nitrogens with one attached hydrogen (secondary N) is 3. The van der Waals surface area contributed by atoms with E-state index < -0.39 is 20.9 Å². The first-order chi connectivity index (χ1) is 33.9. The lowest BCUT2D eigenvalue weighted by molar-refractivity contribution is -0.462. The predicted octanol–water partition coefficient (Wildman–Crippen LogP) is 8.98. The Balaban J connectivity index is 0.876. The number of benzene rings is 3. The molecule has 13 heteroatoms. The molecule has 0 aromatic heterocycles. The molecule has 1 atom stereocenters. The summed E-state index contributed by atoms with van der Waals surface area (Å²) in [7, 11) is 5.14. The minimum absolute atomic E-state index is 0.0852. The Kier molecular flexibility index (Phi) is 16.0. The fraction of sp³-hybridized carbons (Fsp3) is 0.500. The van der Waals surface area contributed by atoms with Crippen molar-refractivity contribution in [2.75, 3.05) is 41.8 Å². The second-order valence-electron chi connectivity index (χ2n) is 21.6. The molecule has 0 aliphatic heterocycles. The van der Waals surface area contributed by atoms with Crippen molar-refractivity contribution in [3.8, 4) is 0 Å². The summed E-state index contributed by atoms with van der Waals surface area (Å²) in [5, 5.41) is 9.79. The number of hydrogen-bond acceptors (Lipinski definition) is 8. The van der Waals surface area contributed by atoms with Gasteiger partial charge in [-0.25, -0.2) is 4.58 Å². The van der Waals surface area contributed by atoms with Crippen molar-refractivity contribution in [2.45, 2.75) is 139 Å². The van der Waals surface area contributed by atoms with Crippen LogP contribution in [-0.4, -0.2) is 105 Å². The third kappa shape index (κ3) is 11.3. The summed E-state index contributed by atoms with van der Waals surface area (Å²) in [6, 6.07) is 17.2. The Hall–Kier alpha value is -5.34. The molecule has 8 rings (SSSR count). The zero-order valence-electron chi connectivity index (χ0n) is 42.8. The highest BCUT2D eigenvalue weighted by molar-refractivity contribution is 7.86. The standard InChI is InChI=1S/C58H73N5O7S/c1-58(2)50-34-42(62(5)6)26-28-46(50)55(49-32-38-12-10-16-52(60-4)48(38)35-51(49)58)44-14-8-9-15-45(44)57(67)63(7)29-11-13-43(64)30-36-19-24-41(25-20-36)61-56(66)47-27-21-39(33-54(47)71(68,69)70)53(65)31-37-17-22-40(59-3)23-18-37/h8-9,14-15,21,26-28,32-37,40-41,52,59-60H,10-13,16-20,22-25,29-31H2,1-7H3,(H-,61,66,68,69,70)/p+1. The maximum Gasteiger partial charge on any atom is 0.295 e. The smallest absolute Gasteiger partial charge is 0.295 e. The van der Waals surface area contributed by atoms with Crippen molar-refractivity contribution in [2.24, 2.45) is 11.8 Å². The van der Waals surface area contributed by atoms with Crippen LogP contribution in [0.3, 0.4) is 0 Å². The van der Waals surface area contributed by atoms with Crippen LogP contribution in [0.4, 0.5) is 0 Å². The highest BCUT2D eigenvalue weighted by atomic mass is 32.2. The molecule has 5 aliphatic rings. The van der Waals surface area contributed by atoms with Gasteiger partial charge in [0.05, 0.1) is 5.56 Å². The van der Waals surface area contributed by atoms with Gasteiger partial charge in [0.25, 0.3) is 21.9 Å². The van der Waals surface area contributed by atoms with Crippen molar-refractivity contribution >= 4 is 44.8 Å². The number of nitrogens with zero attached hydrogens (tertiary/aromatic N) is 2. The number of rotatable bonds is 16. The molecule has 0 bridgehead atoms. The Morgan fingerprint density at radius 1 is 0.803 bits per heavy atom. The maximum atomic E-state index is 14.5. The fourth-order valence-electron chi connectivity index (χ4n) is 12.0. The first kappa shape index (κ1) is 52.0. The second kappa shape index (κ2) is 21.8. The van der Waals surface area contributed by atoms with Gasteiger partial charge < -0.3 is 20.9 Å². The lowest BCUT2D eigenvalue weighted by Crippen LogP contribution is -2.38. The maximum absolute atomic E-state index is 14.5. The minimum Gasteiger partial charge on any atom is -0.349 e. The van der Waals surface area contributed by atoms with Crippen molar-refractivity contribution in [1.29, 1.82) is 0 Å². The Bertz CT molecular complexity index is 2820.